The molecule has 13 heteroatoms. The van der Waals surface area contributed by atoms with Crippen molar-refractivity contribution < 1.29 is 33.7 Å². The van der Waals surface area contributed by atoms with Crippen LogP contribution in [0.1, 0.15) is 109 Å². The maximum absolute atomic E-state index is 13.2. The lowest BCUT2D eigenvalue weighted by Gasteiger charge is -2.39. The lowest BCUT2D eigenvalue weighted by Crippen LogP contribution is -2.43. The van der Waals surface area contributed by atoms with Crippen molar-refractivity contribution in [3.05, 3.63) is 118 Å². The predicted molar refractivity (Wildman–Crippen MR) is 263 cm³/mol. The number of anilines is 2. The number of carboxylic acid groups (broad SMARTS) is 1. The molecule has 1 atom stereocenters. The fraction of sp³-hybridized carbons (Fsp3) is 0.442. The number of pyridine rings is 1. The van der Waals surface area contributed by atoms with Crippen LogP contribution in [0.2, 0.25) is 18.1 Å². The number of fused-ring (bicyclic) bond motifs is 1. The van der Waals surface area contributed by atoms with Crippen LogP contribution in [-0.4, -0.2) is 60.5 Å². The fourth-order valence-electron chi connectivity index (χ4n) is 8.16. The number of phenolic OH excluding ortho intramolecular Hbond substituents is 1. The summed E-state index contributed by atoms with van der Waals surface area (Å²) in [7, 11) is -2.22. The number of nitrogens with one attached hydrogen (secondary N) is 3. The summed E-state index contributed by atoms with van der Waals surface area (Å²) in [5.74, 6) is 0.782. The van der Waals surface area contributed by atoms with Gasteiger partial charge in [0, 0.05) is 41.8 Å². The van der Waals surface area contributed by atoms with Crippen molar-refractivity contribution in [3.8, 4) is 22.6 Å². The number of rotatable bonds is 17. The number of ether oxygens (including phenoxy) is 2. The molecule has 1 fully saturated rings. The van der Waals surface area contributed by atoms with Gasteiger partial charge in [-0.25, -0.2) is 9.59 Å². The molecule has 1 heterocycles. The molecule has 4 aromatic carbocycles. The Bertz CT molecular complexity index is 2450. The molecule has 1 aromatic heterocycles. The first-order valence-electron chi connectivity index (χ1n) is 23.0. The second kappa shape index (κ2) is 21.1. The maximum Gasteiger partial charge on any atom is 0.412 e. The van der Waals surface area contributed by atoms with E-state index < -0.39 is 26.1 Å². The number of aryl methyl sites for hydroxylation is 1. The molecule has 12 nitrogen and oxygen atoms in total. The highest BCUT2D eigenvalue weighted by molar-refractivity contribution is 6.74. The molecule has 6 rings (SSSR count). The van der Waals surface area contributed by atoms with Crippen molar-refractivity contribution in [2.45, 2.75) is 135 Å². The van der Waals surface area contributed by atoms with Gasteiger partial charge in [0.1, 0.15) is 17.1 Å². The van der Waals surface area contributed by atoms with Gasteiger partial charge >= 0.3 is 12.2 Å². The highest BCUT2D eigenvalue weighted by Crippen LogP contribution is 2.42. The van der Waals surface area contributed by atoms with Crippen LogP contribution in [0.4, 0.5) is 21.0 Å². The first-order chi connectivity index (χ1) is 30.8. The zero-order valence-corrected chi connectivity index (χ0v) is 40.4. The predicted octanol–water partition coefficient (Wildman–Crippen LogP) is 12.3. The number of hydrogen-bond acceptors (Lipinski definition) is 8. The van der Waals surface area contributed by atoms with E-state index >= 15 is 0 Å². The monoisotopic (exact) mass is 904 g/mol. The first-order valence-corrected chi connectivity index (χ1v) is 25.9. The van der Waals surface area contributed by atoms with Gasteiger partial charge in [-0.15, -0.1) is 0 Å². The normalized spacial score (nSPS) is 14.2. The lowest BCUT2D eigenvalue weighted by atomic mass is 9.91. The van der Waals surface area contributed by atoms with Gasteiger partial charge in [-0.3, -0.25) is 15.0 Å². The van der Waals surface area contributed by atoms with Crippen LogP contribution < -0.4 is 25.8 Å². The minimum atomic E-state index is -2.22. The molecule has 65 heavy (non-hydrogen) atoms. The number of aromatic hydroxyl groups is 1. The molecule has 0 radical (unpaired) electrons. The molecule has 5 aromatic rings. The smallest absolute Gasteiger partial charge is 0.412 e. The van der Waals surface area contributed by atoms with Gasteiger partial charge < -0.3 is 34.4 Å². The average molecular weight is 905 g/mol. The van der Waals surface area contributed by atoms with Crippen molar-refractivity contribution in [3.63, 3.8) is 0 Å². The topological polar surface area (TPSA) is 162 Å². The molecule has 0 unspecified atom stereocenters. The summed E-state index contributed by atoms with van der Waals surface area (Å²) < 4.78 is 18.8. The molecule has 1 saturated carbocycles. The minimum Gasteiger partial charge on any atom is -0.506 e. The summed E-state index contributed by atoms with van der Waals surface area (Å²) in [5.41, 5.74) is 5.07. The largest absolute Gasteiger partial charge is 0.506 e. The van der Waals surface area contributed by atoms with E-state index in [-0.39, 0.29) is 28.5 Å². The van der Waals surface area contributed by atoms with E-state index in [1.54, 1.807) is 12.1 Å². The van der Waals surface area contributed by atoms with Gasteiger partial charge in [0.2, 0.25) is 5.56 Å². The van der Waals surface area contributed by atoms with Crippen molar-refractivity contribution >= 4 is 42.8 Å². The molecular formula is C52H68N4O8Si. The second-order valence-corrected chi connectivity index (χ2v) is 24.5. The van der Waals surface area contributed by atoms with Gasteiger partial charge in [-0.1, -0.05) is 88.6 Å². The average Bonchev–Trinajstić information content (AvgIpc) is 3.24. The highest BCUT2D eigenvalue weighted by Gasteiger charge is 2.40. The van der Waals surface area contributed by atoms with Gasteiger partial charge in [0.25, 0.3) is 0 Å². The minimum absolute atomic E-state index is 0.0206. The lowest BCUT2D eigenvalue weighted by molar-refractivity contribution is 0.0635. The Morgan fingerprint density at radius 1 is 0.892 bits per heavy atom. The third-order valence-electron chi connectivity index (χ3n) is 12.5. The second-order valence-electron chi connectivity index (χ2n) is 19.7. The summed E-state index contributed by atoms with van der Waals surface area (Å²) in [6.07, 6.45) is 4.82. The van der Waals surface area contributed by atoms with Crippen LogP contribution in [0.25, 0.3) is 22.0 Å². The van der Waals surface area contributed by atoms with Crippen LogP contribution in [0.15, 0.2) is 95.8 Å². The Balaban J connectivity index is 1.12. The summed E-state index contributed by atoms with van der Waals surface area (Å²) in [6, 6.07) is 28.3. The summed E-state index contributed by atoms with van der Waals surface area (Å²) in [6.45, 7) is 18.1. The molecule has 2 amide bonds. The van der Waals surface area contributed by atoms with Gasteiger partial charge in [-0.2, -0.15) is 0 Å². The van der Waals surface area contributed by atoms with E-state index in [9.17, 15) is 24.6 Å². The molecule has 0 saturated heterocycles. The van der Waals surface area contributed by atoms with E-state index in [2.05, 4.69) is 49.5 Å². The quantitative estimate of drug-likeness (QED) is 0.0451. The third kappa shape index (κ3) is 13.0. The van der Waals surface area contributed by atoms with Gasteiger partial charge in [0.05, 0.1) is 23.9 Å². The van der Waals surface area contributed by atoms with E-state index in [1.165, 1.54) is 11.0 Å². The third-order valence-corrected chi connectivity index (χ3v) is 17.0. The van der Waals surface area contributed by atoms with Crippen LogP contribution in [0.3, 0.4) is 0 Å². The number of carbonyl (C=O) groups excluding carboxylic acids is 1. The van der Waals surface area contributed by atoms with Crippen LogP contribution >= 0.6 is 0 Å². The number of aromatic amines is 1. The molecule has 0 spiro atoms. The summed E-state index contributed by atoms with van der Waals surface area (Å²) >= 11 is 0. The van der Waals surface area contributed by atoms with E-state index in [1.807, 2.05) is 93.6 Å². The first kappa shape index (κ1) is 48.8. The Hall–Kier alpha value is -5.63. The zero-order valence-electron chi connectivity index (χ0n) is 39.4. The van der Waals surface area contributed by atoms with E-state index in [0.717, 1.165) is 83.9 Å². The van der Waals surface area contributed by atoms with Crippen LogP contribution in [0, 0.1) is 0 Å². The number of phenols is 1. The molecular weight excluding hydrogens is 837 g/mol. The number of carbonyl (C=O) groups is 2. The Morgan fingerprint density at radius 2 is 1.60 bits per heavy atom. The number of nitrogens with zero attached hydrogens (tertiary/aromatic N) is 1. The van der Waals surface area contributed by atoms with Crippen molar-refractivity contribution in [2.24, 2.45) is 0 Å². The van der Waals surface area contributed by atoms with Crippen molar-refractivity contribution in [1.82, 2.24) is 10.3 Å². The molecule has 0 aliphatic heterocycles. The number of amides is 2. The Labute approximate surface area is 384 Å². The van der Waals surface area contributed by atoms with E-state index in [0.29, 0.717) is 43.0 Å². The van der Waals surface area contributed by atoms with Crippen molar-refractivity contribution in [1.29, 1.82) is 0 Å². The van der Waals surface area contributed by atoms with Gasteiger partial charge in [0.15, 0.2) is 8.32 Å². The Morgan fingerprint density at radius 3 is 2.26 bits per heavy atom. The Kier molecular flexibility index (Phi) is 15.9. The zero-order chi connectivity index (χ0) is 46.9. The molecule has 1 aliphatic rings. The van der Waals surface area contributed by atoms with E-state index in [4.69, 9.17) is 13.9 Å². The number of aromatic nitrogens is 1. The number of hydrogen-bond donors (Lipinski definition) is 5. The van der Waals surface area contributed by atoms with Crippen molar-refractivity contribution in [2.75, 3.05) is 23.4 Å². The highest BCUT2D eigenvalue weighted by atomic mass is 28.4. The maximum atomic E-state index is 13.2. The molecule has 348 valence electrons. The summed E-state index contributed by atoms with van der Waals surface area (Å²) in [4.78, 5) is 42.6. The standard InChI is InChI=1S/C52H68N4O8Si/c1-51(2,3)63-49(59)54-43-32-44(56(50(60)61)38-20-13-10-14-21-38)42(36-17-11-9-12-18-36)31-37(43)19-15-16-30-62-39-24-22-35(23-25-39)33-53-34-46(64-65(7,8)52(4,5)6)40-26-28-45(57)48-41(40)27-29-47(58)55-48/h9,11-12,17-18,22-29,31-32,38,46,53,57H,10,13-16,19-21,30,33-34H2,1-8H3,(H,54,59)(H,55,58)(H,60,61)/t46-/m0/s1. The fourth-order valence-corrected chi connectivity index (χ4v) is 9.43. The van der Waals surface area contributed by atoms with Crippen LogP contribution in [-0.2, 0) is 22.1 Å². The molecule has 5 N–H and O–H groups in total. The molecule has 0 bridgehead atoms. The number of unbranched alkanes of at least 4 members (excludes halogenated alkanes) is 1. The summed E-state index contributed by atoms with van der Waals surface area (Å²) in [5, 5.41) is 28.5. The van der Waals surface area contributed by atoms with Gasteiger partial charge in [-0.05, 0) is 130 Å². The SMILES string of the molecule is CC(C)(C)OC(=O)Nc1cc(N(C(=O)O)C2CCCCC2)c(-c2ccccc2)cc1CCCCOc1ccc(CNC[C@H](O[Si](C)(C)C(C)(C)C)c2ccc(O)c3[nH]c(=O)ccc23)cc1. The molecule has 1 aliphatic carbocycles. The number of H-pyrrole nitrogens is 1. The number of benzene rings is 4. The van der Waals surface area contributed by atoms with Crippen LogP contribution in [0.5, 0.6) is 11.5 Å².